The first-order valence-electron chi connectivity index (χ1n) is 10.7. The molecule has 154 valence electrons. The Morgan fingerprint density at radius 3 is 2.73 bits per heavy atom. The molecule has 2 aliphatic rings. The Morgan fingerprint density at radius 1 is 1.17 bits per heavy atom. The van der Waals surface area contributed by atoms with Gasteiger partial charge in [0.05, 0.1) is 6.42 Å². The van der Waals surface area contributed by atoms with E-state index in [1.807, 2.05) is 47.4 Å². The van der Waals surface area contributed by atoms with Crippen LogP contribution in [0.2, 0.25) is 0 Å². The summed E-state index contributed by atoms with van der Waals surface area (Å²) in [5.74, 6) is 0.664. The summed E-state index contributed by atoms with van der Waals surface area (Å²) in [7, 11) is 0. The average molecular weight is 402 g/mol. The smallest absolute Gasteiger partial charge is 0.267 e. The Morgan fingerprint density at radius 2 is 1.97 bits per heavy atom. The molecule has 1 atom stereocenters. The van der Waals surface area contributed by atoms with Gasteiger partial charge < -0.3 is 15.2 Å². The van der Waals surface area contributed by atoms with Gasteiger partial charge in [0, 0.05) is 42.9 Å². The molecule has 3 heterocycles. The van der Waals surface area contributed by atoms with E-state index in [1.165, 1.54) is 0 Å². The number of pyridine rings is 1. The summed E-state index contributed by atoms with van der Waals surface area (Å²) in [6.45, 7) is 2.35. The van der Waals surface area contributed by atoms with E-state index in [0.717, 1.165) is 48.8 Å². The van der Waals surface area contributed by atoms with E-state index in [-0.39, 0.29) is 11.8 Å². The fourth-order valence-corrected chi connectivity index (χ4v) is 4.82. The third-order valence-corrected chi connectivity index (χ3v) is 6.84. The van der Waals surface area contributed by atoms with Crippen molar-refractivity contribution in [2.45, 2.75) is 25.7 Å². The van der Waals surface area contributed by atoms with Crippen molar-refractivity contribution in [1.29, 1.82) is 0 Å². The van der Waals surface area contributed by atoms with Crippen molar-refractivity contribution < 1.29 is 9.59 Å². The molecule has 2 fully saturated rings. The third-order valence-electron chi connectivity index (χ3n) is 6.84. The quantitative estimate of drug-likeness (QED) is 0.688. The van der Waals surface area contributed by atoms with Crippen LogP contribution < -0.4 is 5.32 Å². The number of aromatic amines is 1. The van der Waals surface area contributed by atoms with Crippen molar-refractivity contribution in [2.75, 3.05) is 19.6 Å². The van der Waals surface area contributed by atoms with E-state index in [1.54, 1.807) is 12.4 Å². The van der Waals surface area contributed by atoms with Gasteiger partial charge >= 0.3 is 0 Å². The highest BCUT2D eigenvalue weighted by Crippen LogP contribution is 2.59. The van der Waals surface area contributed by atoms with Crippen molar-refractivity contribution in [3.05, 3.63) is 66.1 Å². The molecule has 0 radical (unpaired) electrons. The number of rotatable bonds is 5. The number of fused-ring (bicyclic) bond motifs is 1. The number of likely N-dealkylation sites (tertiary alicyclic amines) is 1. The maximum absolute atomic E-state index is 12.6. The van der Waals surface area contributed by atoms with Crippen molar-refractivity contribution >= 4 is 22.7 Å². The number of carbonyl (C=O) groups is 2. The minimum Gasteiger partial charge on any atom is -0.350 e. The first kappa shape index (κ1) is 18.9. The van der Waals surface area contributed by atoms with E-state index in [0.29, 0.717) is 30.0 Å². The summed E-state index contributed by atoms with van der Waals surface area (Å²) in [6, 6.07) is 13.7. The molecular formula is C24H26N4O2. The van der Waals surface area contributed by atoms with Crippen LogP contribution in [0.1, 0.15) is 35.3 Å². The maximum Gasteiger partial charge on any atom is 0.267 e. The molecule has 1 aromatic carbocycles. The number of carbonyl (C=O) groups excluding carboxylic acids is 2. The molecule has 1 unspecified atom stereocenters. The van der Waals surface area contributed by atoms with Crippen molar-refractivity contribution in [1.82, 2.24) is 20.2 Å². The van der Waals surface area contributed by atoms with Gasteiger partial charge in [-0.3, -0.25) is 14.6 Å². The Bertz CT molecular complexity index is 1030. The van der Waals surface area contributed by atoms with Crippen LogP contribution in [0.25, 0.3) is 10.9 Å². The molecule has 1 aliphatic carbocycles. The molecule has 1 saturated carbocycles. The first-order valence-corrected chi connectivity index (χ1v) is 10.7. The van der Waals surface area contributed by atoms with Crippen LogP contribution in [-0.2, 0) is 11.2 Å². The van der Waals surface area contributed by atoms with Crippen LogP contribution in [-0.4, -0.2) is 46.3 Å². The number of aromatic nitrogens is 2. The van der Waals surface area contributed by atoms with Crippen LogP contribution >= 0.6 is 0 Å². The third kappa shape index (κ3) is 3.70. The standard InChI is InChI=1S/C24H26N4O2/c29-22(12-17-4-2-1-3-5-17)28-10-7-24(8-11-28)14-19(24)16-26-23(30)21-13-18-15-25-9-6-20(18)27-21/h1-6,9,13,15,19,27H,7-8,10-12,14,16H2,(H,26,30). The molecule has 3 aromatic rings. The largest absolute Gasteiger partial charge is 0.350 e. The zero-order chi connectivity index (χ0) is 20.6. The topological polar surface area (TPSA) is 78.1 Å². The molecule has 6 nitrogen and oxygen atoms in total. The van der Waals surface area contributed by atoms with Gasteiger partial charge in [-0.15, -0.1) is 0 Å². The molecule has 2 aromatic heterocycles. The SMILES string of the molecule is O=C(NCC1CC12CCN(C(=O)Cc1ccccc1)CC2)c1cc2cnccc2[nH]1. The average Bonchev–Trinajstić information content (AvgIpc) is 3.25. The van der Waals surface area contributed by atoms with Gasteiger partial charge in [-0.25, -0.2) is 0 Å². The number of amides is 2. The van der Waals surface area contributed by atoms with Crippen LogP contribution in [0, 0.1) is 11.3 Å². The zero-order valence-electron chi connectivity index (χ0n) is 16.9. The first-order chi connectivity index (χ1) is 14.6. The summed E-state index contributed by atoms with van der Waals surface area (Å²) in [4.78, 5) is 34.4. The predicted molar refractivity (Wildman–Crippen MR) is 115 cm³/mol. The molecule has 2 amide bonds. The minimum absolute atomic E-state index is 0.0660. The molecular weight excluding hydrogens is 376 g/mol. The second-order valence-corrected chi connectivity index (χ2v) is 8.66. The van der Waals surface area contributed by atoms with Gasteiger partial charge in [0.15, 0.2) is 0 Å². The lowest BCUT2D eigenvalue weighted by Gasteiger charge is -2.33. The lowest BCUT2D eigenvalue weighted by Crippen LogP contribution is -2.41. The van der Waals surface area contributed by atoms with Crippen molar-refractivity contribution in [3.8, 4) is 0 Å². The van der Waals surface area contributed by atoms with Gasteiger partial charge in [-0.2, -0.15) is 0 Å². The van der Waals surface area contributed by atoms with E-state index in [9.17, 15) is 9.59 Å². The Kier molecular flexibility index (Phi) is 4.77. The van der Waals surface area contributed by atoms with Crippen LogP contribution in [0.4, 0.5) is 0 Å². The highest BCUT2D eigenvalue weighted by Gasteiger charge is 2.54. The highest BCUT2D eigenvalue weighted by molar-refractivity contribution is 5.97. The van der Waals surface area contributed by atoms with Crippen LogP contribution in [0.5, 0.6) is 0 Å². The predicted octanol–water partition coefficient (Wildman–Crippen LogP) is 3.16. The number of benzene rings is 1. The van der Waals surface area contributed by atoms with E-state index in [4.69, 9.17) is 0 Å². The Balaban J connectivity index is 1.10. The van der Waals surface area contributed by atoms with Gasteiger partial charge in [0.25, 0.3) is 5.91 Å². The van der Waals surface area contributed by atoms with Crippen LogP contribution in [0.15, 0.2) is 54.9 Å². The summed E-state index contributed by atoms with van der Waals surface area (Å²) in [5.41, 5.74) is 2.88. The van der Waals surface area contributed by atoms with Gasteiger partial charge in [-0.1, -0.05) is 30.3 Å². The lowest BCUT2D eigenvalue weighted by molar-refractivity contribution is -0.132. The van der Waals surface area contributed by atoms with Crippen LogP contribution in [0.3, 0.4) is 0 Å². The monoisotopic (exact) mass is 402 g/mol. The normalized spacial score (nSPS) is 19.7. The molecule has 30 heavy (non-hydrogen) atoms. The van der Waals surface area contributed by atoms with E-state index >= 15 is 0 Å². The van der Waals surface area contributed by atoms with Crippen molar-refractivity contribution in [2.24, 2.45) is 11.3 Å². The fraction of sp³-hybridized carbons (Fsp3) is 0.375. The number of hydrogen-bond donors (Lipinski definition) is 2. The molecule has 6 heteroatoms. The van der Waals surface area contributed by atoms with Gasteiger partial charge in [-0.05, 0) is 48.3 Å². The molecule has 0 bridgehead atoms. The zero-order valence-corrected chi connectivity index (χ0v) is 16.9. The van der Waals surface area contributed by atoms with Gasteiger partial charge in [0.1, 0.15) is 5.69 Å². The molecule has 2 N–H and O–H groups in total. The van der Waals surface area contributed by atoms with Gasteiger partial charge in [0.2, 0.25) is 5.91 Å². The molecule has 1 aliphatic heterocycles. The Labute approximate surface area is 175 Å². The molecule has 1 saturated heterocycles. The fourth-order valence-electron chi connectivity index (χ4n) is 4.82. The summed E-state index contributed by atoms with van der Waals surface area (Å²) < 4.78 is 0. The second-order valence-electron chi connectivity index (χ2n) is 8.66. The lowest BCUT2D eigenvalue weighted by atomic mass is 9.90. The summed E-state index contributed by atoms with van der Waals surface area (Å²) in [6.07, 6.45) is 7.16. The van der Waals surface area contributed by atoms with Crippen molar-refractivity contribution in [3.63, 3.8) is 0 Å². The molecule has 1 spiro atoms. The number of H-pyrrole nitrogens is 1. The van der Waals surface area contributed by atoms with E-state index < -0.39 is 0 Å². The summed E-state index contributed by atoms with van der Waals surface area (Å²) >= 11 is 0. The molecule has 5 rings (SSSR count). The number of piperidine rings is 1. The Hall–Kier alpha value is -3.15. The van der Waals surface area contributed by atoms with E-state index in [2.05, 4.69) is 15.3 Å². The number of nitrogens with one attached hydrogen (secondary N) is 2. The summed E-state index contributed by atoms with van der Waals surface area (Å²) in [5, 5.41) is 4.03. The number of nitrogens with zero attached hydrogens (tertiary/aromatic N) is 2. The second kappa shape index (κ2) is 7.59. The maximum atomic E-state index is 12.6. The highest BCUT2D eigenvalue weighted by atomic mass is 16.2. The number of hydrogen-bond acceptors (Lipinski definition) is 3. The minimum atomic E-state index is -0.0660.